The summed E-state index contributed by atoms with van der Waals surface area (Å²) in [5, 5.41) is 3.40. The van der Waals surface area contributed by atoms with E-state index in [1.54, 1.807) is 0 Å². The third kappa shape index (κ3) is 5.85. The second kappa shape index (κ2) is 7.46. The Morgan fingerprint density at radius 1 is 1.35 bits per heavy atom. The molecular weight excluding hydrogens is 208 g/mol. The van der Waals surface area contributed by atoms with Gasteiger partial charge in [-0.15, -0.1) is 0 Å². The molecule has 0 aliphatic heterocycles. The van der Waals surface area contributed by atoms with E-state index in [4.69, 9.17) is 0 Å². The standard InChI is InChI=1S/C15H26N2/c1-5-16-10-14(3)11-17(4)12-15-8-6-7-13(2)9-15/h6-9,14,16H,5,10-12H2,1-4H3. The molecule has 1 unspecified atom stereocenters. The van der Waals surface area contributed by atoms with Crippen LogP contribution in [0.4, 0.5) is 0 Å². The lowest BCUT2D eigenvalue weighted by atomic mass is 10.1. The Bertz CT molecular complexity index is 322. The minimum absolute atomic E-state index is 0.699. The van der Waals surface area contributed by atoms with Crippen LogP contribution in [0.3, 0.4) is 0 Å². The van der Waals surface area contributed by atoms with Gasteiger partial charge in [0.05, 0.1) is 0 Å². The topological polar surface area (TPSA) is 15.3 Å². The average molecular weight is 234 g/mol. The molecule has 96 valence electrons. The van der Waals surface area contributed by atoms with Crippen molar-refractivity contribution in [3.8, 4) is 0 Å². The van der Waals surface area contributed by atoms with E-state index < -0.39 is 0 Å². The van der Waals surface area contributed by atoms with Crippen LogP contribution in [0.15, 0.2) is 24.3 Å². The number of hydrogen-bond acceptors (Lipinski definition) is 2. The Labute approximate surface area is 106 Å². The van der Waals surface area contributed by atoms with Gasteiger partial charge in [0.15, 0.2) is 0 Å². The number of benzene rings is 1. The van der Waals surface area contributed by atoms with Gasteiger partial charge in [0.2, 0.25) is 0 Å². The van der Waals surface area contributed by atoms with Gasteiger partial charge in [-0.25, -0.2) is 0 Å². The van der Waals surface area contributed by atoms with E-state index in [2.05, 4.69) is 62.3 Å². The second-order valence-corrected chi connectivity index (χ2v) is 5.10. The van der Waals surface area contributed by atoms with Gasteiger partial charge in [-0.2, -0.15) is 0 Å². The first-order valence-corrected chi connectivity index (χ1v) is 6.56. The van der Waals surface area contributed by atoms with Crippen molar-refractivity contribution in [1.29, 1.82) is 0 Å². The van der Waals surface area contributed by atoms with Crippen LogP contribution >= 0.6 is 0 Å². The van der Waals surface area contributed by atoms with Crippen molar-refractivity contribution in [2.45, 2.75) is 27.3 Å². The monoisotopic (exact) mass is 234 g/mol. The highest BCUT2D eigenvalue weighted by Crippen LogP contribution is 2.07. The van der Waals surface area contributed by atoms with Crippen LogP contribution in [0.1, 0.15) is 25.0 Å². The molecular formula is C15H26N2. The van der Waals surface area contributed by atoms with Gasteiger partial charge < -0.3 is 10.2 Å². The summed E-state index contributed by atoms with van der Waals surface area (Å²) in [5.74, 6) is 0.699. The van der Waals surface area contributed by atoms with Crippen LogP contribution in [-0.2, 0) is 6.54 Å². The fourth-order valence-corrected chi connectivity index (χ4v) is 2.17. The maximum Gasteiger partial charge on any atom is 0.0230 e. The van der Waals surface area contributed by atoms with E-state index in [1.165, 1.54) is 11.1 Å². The molecule has 2 heteroatoms. The first-order chi connectivity index (χ1) is 8.11. The van der Waals surface area contributed by atoms with Crippen molar-refractivity contribution in [3.05, 3.63) is 35.4 Å². The van der Waals surface area contributed by atoms with Crippen LogP contribution < -0.4 is 5.32 Å². The van der Waals surface area contributed by atoms with Crippen LogP contribution in [0.25, 0.3) is 0 Å². The lowest BCUT2D eigenvalue weighted by Gasteiger charge is -2.21. The van der Waals surface area contributed by atoms with Crippen LogP contribution in [-0.4, -0.2) is 31.6 Å². The minimum atomic E-state index is 0.699. The van der Waals surface area contributed by atoms with Gasteiger partial charge in [0.25, 0.3) is 0 Å². The number of rotatable bonds is 7. The van der Waals surface area contributed by atoms with Crippen molar-refractivity contribution in [2.24, 2.45) is 5.92 Å². The van der Waals surface area contributed by atoms with Crippen molar-refractivity contribution in [1.82, 2.24) is 10.2 Å². The second-order valence-electron chi connectivity index (χ2n) is 5.10. The van der Waals surface area contributed by atoms with Crippen LogP contribution in [0, 0.1) is 12.8 Å². The van der Waals surface area contributed by atoms with E-state index in [1.807, 2.05) is 0 Å². The van der Waals surface area contributed by atoms with E-state index in [-0.39, 0.29) is 0 Å². The molecule has 0 aliphatic carbocycles. The fraction of sp³-hybridized carbons (Fsp3) is 0.600. The van der Waals surface area contributed by atoms with Gasteiger partial charge in [-0.3, -0.25) is 0 Å². The molecule has 0 radical (unpaired) electrons. The Hall–Kier alpha value is -0.860. The largest absolute Gasteiger partial charge is 0.317 e. The minimum Gasteiger partial charge on any atom is -0.317 e. The third-order valence-corrected chi connectivity index (χ3v) is 2.90. The third-order valence-electron chi connectivity index (χ3n) is 2.90. The molecule has 17 heavy (non-hydrogen) atoms. The zero-order valence-electron chi connectivity index (χ0n) is 11.7. The zero-order chi connectivity index (χ0) is 12.7. The molecule has 0 fully saturated rings. The highest BCUT2D eigenvalue weighted by atomic mass is 15.1. The fourth-order valence-electron chi connectivity index (χ4n) is 2.17. The Kier molecular flexibility index (Phi) is 6.23. The van der Waals surface area contributed by atoms with Gasteiger partial charge in [0, 0.05) is 13.1 Å². The number of nitrogens with zero attached hydrogens (tertiary/aromatic N) is 1. The summed E-state index contributed by atoms with van der Waals surface area (Å²) < 4.78 is 0. The maximum atomic E-state index is 3.40. The van der Waals surface area contributed by atoms with Crippen molar-refractivity contribution < 1.29 is 0 Å². The SMILES string of the molecule is CCNCC(C)CN(C)Cc1cccc(C)c1. The van der Waals surface area contributed by atoms with Crippen molar-refractivity contribution in [2.75, 3.05) is 26.7 Å². The molecule has 0 spiro atoms. The highest BCUT2D eigenvalue weighted by molar-refractivity contribution is 5.21. The van der Waals surface area contributed by atoms with E-state index >= 15 is 0 Å². The summed E-state index contributed by atoms with van der Waals surface area (Å²) in [6, 6.07) is 8.77. The molecule has 1 N–H and O–H groups in total. The molecule has 0 bridgehead atoms. The quantitative estimate of drug-likeness (QED) is 0.780. The number of aryl methyl sites for hydroxylation is 1. The molecule has 0 aromatic heterocycles. The molecule has 0 amide bonds. The Balaban J connectivity index is 2.36. The first kappa shape index (κ1) is 14.2. The van der Waals surface area contributed by atoms with Gasteiger partial charge >= 0.3 is 0 Å². The first-order valence-electron chi connectivity index (χ1n) is 6.56. The lowest BCUT2D eigenvalue weighted by Crippen LogP contribution is -2.30. The predicted molar refractivity (Wildman–Crippen MR) is 75.2 cm³/mol. The van der Waals surface area contributed by atoms with Gasteiger partial charge in [-0.1, -0.05) is 43.7 Å². The van der Waals surface area contributed by atoms with Crippen LogP contribution in [0.5, 0.6) is 0 Å². The van der Waals surface area contributed by atoms with Gasteiger partial charge in [-0.05, 0) is 38.5 Å². The Morgan fingerprint density at radius 3 is 2.76 bits per heavy atom. The van der Waals surface area contributed by atoms with E-state index in [0.29, 0.717) is 5.92 Å². The molecule has 0 aliphatic rings. The summed E-state index contributed by atoms with van der Waals surface area (Å²) in [6.07, 6.45) is 0. The molecule has 2 nitrogen and oxygen atoms in total. The average Bonchev–Trinajstić information content (AvgIpc) is 2.26. The summed E-state index contributed by atoms with van der Waals surface area (Å²) in [6.45, 7) is 11.0. The molecule has 1 aromatic carbocycles. The molecule has 0 heterocycles. The van der Waals surface area contributed by atoms with Gasteiger partial charge in [0.1, 0.15) is 0 Å². The number of hydrogen-bond donors (Lipinski definition) is 1. The summed E-state index contributed by atoms with van der Waals surface area (Å²) in [7, 11) is 2.20. The molecule has 1 rings (SSSR count). The molecule has 0 saturated carbocycles. The number of nitrogens with one attached hydrogen (secondary N) is 1. The maximum absolute atomic E-state index is 3.40. The lowest BCUT2D eigenvalue weighted by molar-refractivity contribution is 0.275. The summed E-state index contributed by atoms with van der Waals surface area (Å²) in [5.41, 5.74) is 2.75. The van der Waals surface area contributed by atoms with Crippen molar-refractivity contribution in [3.63, 3.8) is 0 Å². The Morgan fingerprint density at radius 2 is 2.12 bits per heavy atom. The van der Waals surface area contributed by atoms with Crippen molar-refractivity contribution >= 4 is 0 Å². The smallest absolute Gasteiger partial charge is 0.0230 e. The zero-order valence-corrected chi connectivity index (χ0v) is 11.7. The van der Waals surface area contributed by atoms with Crippen LogP contribution in [0.2, 0.25) is 0 Å². The molecule has 1 aromatic rings. The highest BCUT2D eigenvalue weighted by Gasteiger charge is 2.06. The van der Waals surface area contributed by atoms with E-state index in [9.17, 15) is 0 Å². The summed E-state index contributed by atoms with van der Waals surface area (Å²) in [4.78, 5) is 2.40. The molecule has 0 saturated heterocycles. The predicted octanol–water partition coefficient (Wildman–Crippen LogP) is 2.67. The van der Waals surface area contributed by atoms with E-state index in [0.717, 1.165) is 26.2 Å². The molecule has 1 atom stereocenters. The summed E-state index contributed by atoms with van der Waals surface area (Å²) >= 11 is 0. The normalized spacial score (nSPS) is 13.0.